The highest BCUT2D eigenvalue weighted by Gasteiger charge is 2.30. The van der Waals surface area contributed by atoms with Crippen molar-refractivity contribution in [1.82, 2.24) is 14.7 Å². The number of hydrogen-bond acceptors (Lipinski definition) is 5. The number of amides is 2. The van der Waals surface area contributed by atoms with E-state index in [-0.39, 0.29) is 24.0 Å². The number of likely N-dealkylation sites (N-methyl/N-ethyl adjacent to an activating group) is 1. The zero-order valence-electron chi connectivity index (χ0n) is 18.6. The first kappa shape index (κ1) is 25.0. The van der Waals surface area contributed by atoms with Crippen LogP contribution in [-0.4, -0.2) is 98.8 Å². The summed E-state index contributed by atoms with van der Waals surface area (Å²) in [6.07, 6.45) is 4.52. The third kappa shape index (κ3) is 6.68. The fraction of sp³-hybridized carbons (Fsp3) is 0.565. The average molecular weight is 484 g/mol. The van der Waals surface area contributed by atoms with Crippen molar-refractivity contribution < 1.29 is 19.1 Å². The van der Waals surface area contributed by atoms with Crippen LogP contribution in [0.5, 0.6) is 0 Å². The molecule has 2 amide bonds. The second-order valence-corrected chi connectivity index (χ2v) is 8.96. The van der Waals surface area contributed by atoms with Crippen molar-refractivity contribution in [3.05, 3.63) is 39.9 Å². The summed E-state index contributed by atoms with van der Waals surface area (Å²) in [6, 6.07) is 5.49. The molecule has 2 aliphatic rings. The summed E-state index contributed by atoms with van der Waals surface area (Å²) in [5.74, 6) is -0.0367. The van der Waals surface area contributed by atoms with E-state index in [1.54, 1.807) is 36.3 Å². The Labute approximate surface area is 199 Å². The minimum atomic E-state index is -0.118. The molecule has 9 heteroatoms. The first-order valence-electron chi connectivity index (χ1n) is 10.9. The van der Waals surface area contributed by atoms with Crippen molar-refractivity contribution >= 4 is 41.1 Å². The molecule has 2 atom stereocenters. The van der Waals surface area contributed by atoms with Gasteiger partial charge in [0.2, 0.25) is 11.8 Å². The lowest BCUT2D eigenvalue weighted by Crippen LogP contribution is -2.50. The molecule has 0 saturated carbocycles. The second kappa shape index (κ2) is 12.0. The highest BCUT2D eigenvalue weighted by atomic mass is 35.5. The van der Waals surface area contributed by atoms with E-state index in [9.17, 15) is 9.59 Å². The normalized spacial score (nSPS) is 22.6. The van der Waals surface area contributed by atoms with Crippen LogP contribution in [0.2, 0.25) is 10.0 Å². The van der Waals surface area contributed by atoms with Gasteiger partial charge in [-0.05, 0) is 37.2 Å². The van der Waals surface area contributed by atoms with Gasteiger partial charge in [-0.25, -0.2) is 0 Å². The molecule has 0 N–H and O–H groups in total. The smallest absolute Gasteiger partial charge is 0.246 e. The minimum absolute atomic E-state index is 0.0454. The van der Waals surface area contributed by atoms with E-state index in [4.69, 9.17) is 32.7 Å². The summed E-state index contributed by atoms with van der Waals surface area (Å²) in [4.78, 5) is 31.1. The van der Waals surface area contributed by atoms with Crippen LogP contribution in [-0.2, 0) is 19.1 Å². The molecule has 2 saturated heterocycles. The number of carbonyl (C=O) groups is 2. The molecular weight excluding hydrogens is 453 g/mol. The molecule has 0 bridgehead atoms. The van der Waals surface area contributed by atoms with E-state index in [2.05, 4.69) is 11.9 Å². The van der Waals surface area contributed by atoms with Gasteiger partial charge in [0.15, 0.2) is 0 Å². The molecule has 176 valence electrons. The Morgan fingerprint density at radius 2 is 2.09 bits per heavy atom. The fourth-order valence-corrected chi connectivity index (χ4v) is 4.39. The monoisotopic (exact) mass is 483 g/mol. The van der Waals surface area contributed by atoms with Crippen molar-refractivity contribution in [3.63, 3.8) is 0 Å². The Kier molecular flexibility index (Phi) is 9.37. The Hall–Kier alpha value is -1.64. The number of halogens is 2. The van der Waals surface area contributed by atoms with Gasteiger partial charge in [-0.3, -0.25) is 14.5 Å². The summed E-state index contributed by atoms with van der Waals surface area (Å²) < 4.78 is 11.1. The molecule has 2 heterocycles. The van der Waals surface area contributed by atoms with E-state index in [0.29, 0.717) is 49.3 Å². The van der Waals surface area contributed by atoms with Gasteiger partial charge in [-0.15, -0.1) is 0 Å². The average Bonchev–Trinajstić information content (AvgIpc) is 2.99. The van der Waals surface area contributed by atoms with E-state index in [1.165, 1.54) is 6.08 Å². The third-order valence-electron chi connectivity index (χ3n) is 6.12. The lowest BCUT2D eigenvalue weighted by molar-refractivity contribution is -0.131. The highest BCUT2D eigenvalue weighted by Crippen LogP contribution is 2.23. The third-order valence-corrected chi connectivity index (χ3v) is 6.86. The standard InChI is InChI=1S/C23H31Cl2N3O4/c1-26(20-8-14-32-16-21(20)31-2)10-11-28-13-12-27(9-7-23(28)30)22(29)6-4-17-3-5-18(24)19(25)15-17/h3-6,15,20-21H,7-14,16H2,1-2H3/b6-4+/t20-,21+/m0/s1. The largest absolute Gasteiger partial charge is 0.379 e. The van der Waals surface area contributed by atoms with Gasteiger partial charge in [0.25, 0.3) is 0 Å². The van der Waals surface area contributed by atoms with E-state index < -0.39 is 0 Å². The molecule has 0 aliphatic carbocycles. The van der Waals surface area contributed by atoms with Crippen LogP contribution in [0.15, 0.2) is 24.3 Å². The number of ether oxygens (including phenoxy) is 2. The predicted molar refractivity (Wildman–Crippen MR) is 126 cm³/mol. The van der Waals surface area contributed by atoms with Gasteiger partial charge in [-0.2, -0.15) is 0 Å². The molecular formula is C23H31Cl2N3O4. The number of carbonyl (C=O) groups excluding carboxylic acids is 2. The van der Waals surface area contributed by atoms with Crippen molar-refractivity contribution in [3.8, 4) is 0 Å². The maximum absolute atomic E-state index is 12.6. The fourth-order valence-electron chi connectivity index (χ4n) is 4.09. The summed E-state index contributed by atoms with van der Waals surface area (Å²) >= 11 is 12.0. The highest BCUT2D eigenvalue weighted by molar-refractivity contribution is 6.42. The number of nitrogens with zero attached hydrogens (tertiary/aromatic N) is 3. The molecule has 2 fully saturated rings. The van der Waals surface area contributed by atoms with Crippen LogP contribution in [0.4, 0.5) is 0 Å². The Bertz CT molecular complexity index is 835. The molecule has 2 aliphatic heterocycles. The molecule has 0 unspecified atom stereocenters. The van der Waals surface area contributed by atoms with Crippen molar-refractivity contribution in [1.29, 1.82) is 0 Å². The number of benzene rings is 1. The Morgan fingerprint density at radius 3 is 2.84 bits per heavy atom. The van der Waals surface area contributed by atoms with Gasteiger partial charge >= 0.3 is 0 Å². The number of rotatable bonds is 7. The second-order valence-electron chi connectivity index (χ2n) is 8.15. The van der Waals surface area contributed by atoms with Crippen molar-refractivity contribution in [2.75, 3.05) is 60.1 Å². The predicted octanol–water partition coefficient (Wildman–Crippen LogP) is 2.80. The summed E-state index contributed by atoms with van der Waals surface area (Å²) in [7, 11) is 3.77. The van der Waals surface area contributed by atoms with E-state index in [1.807, 2.05) is 4.90 Å². The summed E-state index contributed by atoms with van der Waals surface area (Å²) in [6.45, 7) is 4.16. The van der Waals surface area contributed by atoms with Gasteiger partial charge in [0.05, 0.1) is 22.8 Å². The molecule has 0 spiro atoms. The SMILES string of the molecule is CO[C@@H]1COCC[C@@H]1N(C)CCN1CCN(C(=O)/C=C/c2ccc(Cl)c(Cl)c2)CCC1=O. The van der Waals surface area contributed by atoms with Crippen LogP contribution >= 0.6 is 23.2 Å². The number of hydrogen-bond donors (Lipinski definition) is 0. The van der Waals surface area contributed by atoms with Gasteiger partial charge in [0, 0.05) is 65.0 Å². The molecule has 7 nitrogen and oxygen atoms in total. The van der Waals surface area contributed by atoms with Gasteiger partial charge in [-0.1, -0.05) is 29.3 Å². The van der Waals surface area contributed by atoms with Gasteiger partial charge < -0.3 is 19.3 Å². The summed E-state index contributed by atoms with van der Waals surface area (Å²) in [5.41, 5.74) is 0.797. The zero-order chi connectivity index (χ0) is 23.1. The maximum Gasteiger partial charge on any atom is 0.246 e. The van der Waals surface area contributed by atoms with Crippen LogP contribution in [0, 0.1) is 0 Å². The first-order chi connectivity index (χ1) is 15.4. The molecule has 3 rings (SSSR count). The topological polar surface area (TPSA) is 62.3 Å². The number of methoxy groups -OCH3 is 1. The minimum Gasteiger partial charge on any atom is -0.379 e. The van der Waals surface area contributed by atoms with Crippen LogP contribution in [0.25, 0.3) is 6.08 Å². The maximum atomic E-state index is 12.6. The van der Waals surface area contributed by atoms with E-state index in [0.717, 1.165) is 25.1 Å². The van der Waals surface area contributed by atoms with Crippen LogP contribution < -0.4 is 0 Å². The van der Waals surface area contributed by atoms with E-state index >= 15 is 0 Å². The Morgan fingerprint density at radius 1 is 1.28 bits per heavy atom. The molecule has 0 aromatic heterocycles. The first-order valence-corrected chi connectivity index (χ1v) is 11.6. The molecule has 1 aromatic carbocycles. The Balaban J connectivity index is 1.51. The summed E-state index contributed by atoms with van der Waals surface area (Å²) in [5, 5.41) is 0.918. The lowest BCUT2D eigenvalue weighted by atomic mass is 10.0. The van der Waals surface area contributed by atoms with Crippen molar-refractivity contribution in [2.24, 2.45) is 0 Å². The van der Waals surface area contributed by atoms with Crippen LogP contribution in [0.3, 0.4) is 0 Å². The zero-order valence-corrected chi connectivity index (χ0v) is 20.1. The van der Waals surface area contributed by atoms with Crippen LogP contribution in [0.1, 0.15) is 18.4 Å². The molecule has 0 radical (unpaired) electrons. The lowest BCUT2D eigenvalue weighted by Gasteiger charge is -2.37. The van der Waals surface area contributed by atoms with Gasteiger partial charge in [0.1, 0.15) is 0 Å². The molecule has 32 heavy (non-hydrogen) atoms. The van der Waals surface area contributed by atoms with Crippen molar-refractivity contribution in [2.45, 2.75) is 25.0 Å². The quantitative estimate of drug-likeness (QED) is 0.558. The molecule has 1 aromatic rings.